The van der Waals surface area contributed by atoms with Gasteiger partial charge in [0.2, 0.25) is 5.91 Å². The van der Waals surface area contributed by atoms with Gasteiger partial charge in [-0.1, -0.05) is 51.7 Å². The minimum atomic E-state index is -4.68. The van der Waals surface area contributed by atoms with E-state index in [2.05, 4.69) is 32.9 Å². The second kappa shape index (κ2) is 21.3. The average molecular weight is 850 g/mol. The van der Waals surface area contributed by atoms with E-state index in [9.17, 15) is 51.6 Å². The lowest BCUT2D eigenvalue weighted by molar-refractivity contribution is -0.289. The number of aliphatic hydroxyl groups is 4. The zero-order chi connectivity index (χ0) is 43.5. The van der Waals surface area contributed by atoms with Crippen molar-refractivity contribution in [1.82, 2.24) is 5.32 Å². The van der Waals surface area contributed by atoms with Gasteiger partial charge in [-0.05, 0) is 48.7 Å². The van der Waals surface area contributed by atoms with Crippen LogP contribution in [0.4, 0.5) is 37.7 Å². The smallest absolute Gasteiger partial charge is 0.394 e. The van der Waals surface area contributed by atoms with Crippen LogP contribution >= 0.6 is 0 Å². The zero-order valence-electron chi connectivity index (χ0n) is 32.5. The molecular weight excluding hydrogens is 796 g/mol. The molecule has 2 aromatic carbocycles. The largest absolute Gasteiger partial charge is 0.416 e. The molecule has 0 radical (unpaired) electrons. The summed E-state index contributed by atoms with van der Waals surface area (Å²) >= 11 is 0. The van der Waals surface area contributed by atoms with E-state index in [0.717, 1.165) is 62.1 Å². The Labute approximate surface area is 337 Å². The molecule has 2 fully saturated rings. The number of rotatable bonds is 16. The SMILES string of the molecule is CCCCCC(C)CCC(=O)N[C@@H]1[C@H](O[C@@H]2O[C@H](CO)[C@@H](O)[C@H](O)[C@H]2N=C(N)Nc2cccc(C(F)(F)F)c2)[C@@H](N=C(N)Nc2cccc(C(F)(F)F)c2)CO[C@@H]1CO. The van der Waals surface area contributed by atoms with Crippen molar-refractivity contribution in [1.29, 1.82) is 0 Å². The van der Waals surface area contributed by atoms with Gasteiger partial charge in [-0.15, -0.1) is 0 Å². The maximum absolute atomic E-state index is 13.5. The fourth-order valence-electron chi connectivity index (χ4n) is 6.74. The van der Waals surface area contributed by atoms with Crippen LogP contribution in [0.2, 0.25) is 0 Å². The molecule has 0 aliphatic carbocycles. The third kappa shape index (κ3) is 13.6. The molecule has 21 heteroatoms. The minimum absolute atomic E-state index is 0.0712. The summed E-state index contributed by atoms with van der Waals surface area (Å²) < 4.78 is 98.5. The first-order valence-corrected chi connectivity index (χ1v) is 19.2. The number of anilines is 2. The van der Waals surface area contributed by atoms with Crippen molar-refractivity contribution in [2.75, 3.05) is 30.5 Å². The van der Waals surface area contributed by atoms with Crippen LogP contribution in [-0.4, -0.2) is 113 Å². The monoisotopic (exact) mass is 849 g/mol. The summed E-state index contributed by atoms with van der Waals surface area (Å²) in [6.07, 6.45) is -14.1. The number of carbonyl (C=O) groups excluding carboxylic acids is 1. The Kier molecular flexibility index (Phi) is 17.1. The first-order chi connectivity index (χ1) is 27.8. The number of nitrogens with one attached hydrogen (secondary N) is 3. The van der Waals surface area contributed by atoms with Crippen molar-refractivity contribution in [3.05, 3.63) is 59.7 Å². The number of hydrogen-bond acceptors (Lipinski definition) is 10. The molecule has 2 heterocycles. The summed E-state index contributed by atoms with van der Waals surface area (Å²) in [6.45, 7) is 2.29. The molecule has 15 nitrogen and oxygen atoms in total. The second-order valence-corrected chi connectivity index (χ2v) is 14.6. The fraction of sp³-hybridized carbons (Fsp3) is 0.605. The molecule has 2 aromatic rings. The van der Waals surface area contributed by atoms with E-state index in [1.165, 1.54) is 12.1 Å². The Morgan fingerprint density at radius 2 is 1.46 bits per heavy atom. The van der Waals surface area contributed by atoms with Crippen LogP contribution in [0.25, 0.3) is 0 Å². The second-order valence-electron chi connectivity index (χ2n) is 14.6. The van der Waals surface area contributed by atoms with E-state index in [1.54, 1.807) is 0 Å². The number of halogens is 6. The van der Waals surface area contributed by atoms with E-state index in [0.29, 0.717) is 6.42 Å². The third-order valence-corrected chi connectivity index (χ3v) is 9.94. The van der Waals surface area contributed by atoms with Gasteiger partial charge in [-0.25, -0.2) is 9.98 Å². The fourth-order valence-corrected chi connectivity index (χ4v) is 6.74. The van der Waals surface area contributed by atoms with E-state index in [4.69, 9.17) is 25.7 Å². The van der Waals surface area contributed by atoms with E-state index >= 15 is 0 Å². The molecule has 4 rings (SSSR count). The molecule has 2 aliphatic heterocycles. The lowest BCUT2D eigenvalue weighted by atomic mass is 9.93. The molecule has 59 heavy (non-hydrogen) atoms. The predicted molar refractivity (Wildman–Crippen MR) is 205 cm³/mol. The molecule has 0 saturated carbocycles. The molecule has 11 N–H and O–H groups in total. The van der Waals surface area contributed by atoms with Crippen LogP contribution in [0, 0.1) is 5.92 Å². The maximum atomic E-state index is 13.5. The van der Waals surface area contributed by atoms with Gasteiger partial charge < -0.3 is 62.1 Å². The molecule has 0 spiro atoms. The highest BCUT2D eigenvalue weighted by Gasteiger charge is 2.50. The number of aliphatic imine (C=N–C) groups is 2. The van der Waals surface area contributed by atoms with Gasteiger partial charge in [0, 0.05) is 17.8 Å². The molecule has 330 valence electrons. The van der Waals surface area contributed by atoms with Crippen molar-refractivity contribution in [2.24, 2.45) is 27.4 Å². The number of carbonyl (C=O) groups is 1. The Morgan fingerprint density at radius 1 is 0.881 bits per heavy atom. The van der Waals surface area contributed by atoms with Gasteiger partial charge in [0.1, 0.15) is 42.6 Å². The highest BCUT2D eigenvalue weighted by atomic mass is 19.4. The molecule has 2 saturated heterocycles. The highest BCUT2D eigenvalue weighted by molar-refractivity contribution is 5.93. The van der Waals surface area contributed by atoms with Crippen LogP contribution in [0.3, 0.4) is 0 Å². The number of alkyl halides is 6. The first-order valence-electron chi connectivity index (χ1n) is 19.2. The Balaban J connectivity index is 1.69. The molecular formula is C38H53F6N7O8. The molecule has 10 atom stereocenters. The first kappa shape index (κ1) is 47.4. The summed E-state index contributed by atoms with van der Waals surface area (Å²) in [4.78, 5) is 22.0. The van der Waals surface area contributed by atoms with Gasteiger partial charge in [0.05, 0.1) is 37.0 Å². The summed E-state index contributed by atoms with van der Waals surface area (Å²) in [5, 5.41) is 50.3. The Bertz CT molecular complexity index is 1720. The molecule has 1 unspecified atom stereocenters. The Hall–Kier alpha value is -4.25. The molecule has 2 aliphatic rings. The lowest BCUT2D eigenvalue weighted by Gasteiger charge is -2.46. The predicted octanol–water partition coefficient (Wildman–Crippen LogP) is 3.31. The summed E-state index contributed by atoms with van der Waals surface area (Å²) in [7, 11) is 0. The maximum Gasteiger partial charge on any atom is 0.416 e. The topological polar surface area (TPSA) is 239 Å². The minimum Gasteiger partial charge on any atom is -0.394 e. The number of hydrogen-bond donors (Lipinski definition) is 9. The number of amides is 1. The van der Waals surface area contributed by atoms with Gasteiger partial charge in [0.25, 0.3) is 0 Å². The van der Waals surface area contributed by atoms with Crippen molar-refractivity contribution in [3.63, 3.8) is 0 Å². The number of benzene rings is 2. The van der Waals surface area contributed by atoms with Crippen LogP contribution in [-0.2, 0) is 31.4 Å². The average Bonchev–Trinajstić information content (AvgIpc) is 3.17. The normalized spacial score (nSPS) is 27.6. The summed E-state index contributed by atoms with van der Waals surface area (Å²) in [5.74, 6) is -1.19. The van der Waals surface area contributed by atoms with E-state index < -0.39 is 109 Å². The highest BCUT2D eigenvalue weighted by Crippen LogP contribution is 2.33. The van der Waals surface area contributed by atoms with E-state index in [1.807, 2.05) is 6.92 Å². The number of unbranched alkanes of at least 4 members (excludes halogenated alkanes) is 2. The van der Waals surface area contributed by atoms with Gasteiger partial charge in [0.15, 0.2) is 18.2 Å². The van der Waals surface area contributed by atoms with Crippen molar-refractivity contribution >= 4 is 29.2 Å². The van der Waals surface area contributed by atoms with Crippen LogP contribution in [0.15, 0.2) is 58.5 Å². The molecule has 0 bridgehead atoms. The molecule has 1 amide bonds. The molecule has 0 aromatic heterocycles. The van der Waals surface area contributed by atoms with Crippen molar-refractivity contribution in [3.8, 4) is 0 Å². The number of guanidine groups is 2. The van der Waals surface area contributed by atoms with Gasteiger partial charge >= 0.3 is 12.4 Å². The van der Waals surface area contributed by atoms with Crippen LogP contribution in [0.5, 0.6) is 0 Å². The van der Waals surface area contributed by atoms with Gasteiger partial charge in [-0.2, -0.15) is 26.3 Å². The van der Waals surface area contributed by atoms with Crippen LogP contribution in [0.1, 0.15) is 63.5 Å². The van der Waals surface area contributed by atoms with E-state index in [-0.39, 0.29) is 30.3 Å². The van der Waals surface area contributed by atoms with Gasteiger partial charge in [-0.3, -0.25) is 4.79 Å². The summed E-state index contributed by atoms with van der Waals surface area (Å²) in [6, 6.07) is 4.05. The lowest BCUT2D eigenvalue weighted by Crippen LogP contribution is -2.65. The number of nitrogens with zero attached hydrogens (tertiary/aromatic N) is 2. The van der Waals surface area contributed by atoms with Crippen molar-refractivity contribution in [2.45, 2.75) is 120 Å². The Morgan fingerprint density at radius 3 is 2.00 bits per heavy atom. The number of ether oxygens (including phenoxy) is 3. The number of aliphatic hydroxyl groups excluding tert-OH is 4. The summed E-state index contributed by atoms with van der Waals surface area (Å²) in [5.41, 5.74) is 10.1. The van der Waals surface area contributed by atoms with Crippen LogP contribution < -0.4 is 27.4 Å². The third-order valence-electron chi connectivity index (χ3n) is 9.94. The zero-order valence-corrected chi connectivity index (χ0v) is 32.5. The standard InChI is InChI=1S/C38H53F6N7O8/c1-3-4-5-8-20(2)13-14-28(54)50-29-26(17-52)57-19-25(49-35(45)47-23-11-6-9-21(15-23)37(39,40)41)33(29)59-34-30(32(56)31(55)27(18-53)58-34)51-36(46)48-24-12-7-10-22(16-24)38(42,43)44/h6-7,9-12,15-16,20,25-27,29-34,52-53,55-56H,3-5,8,13-14,17-19H2,1-2H3,(H,50,54)(H3,45,47,49)(H3,46,48,51)/t20?,25-,26+,27+,29-,30+,31+,32+,33+,34-/m0/s1. The quantitative estimate of drug-likeness (QED) is 0.0512. The number of nitrogens with two attached hydrogens (primary N) is 2. The van der Waals surface area contributed by atoms with Crippen molar-refractivity contribution < 1.29 is 65.8 Å².